The van der Waals surface area contributed by atoms with E-state index in [4.69, 9.17) is 9.26 Å². The van der Waals surface area contributed by atoms with Crippen molar-refractivity contribution in [1.29, 1.82) is 5.26 Å². The normalized spacial score (nSPS) is 10.4. The molecule has 0 atom stereocenters. The Morgan fingerprint density at radius 1 is 1.07 bits per heavy atom. The number of para-hydroxylation sites is 1. The van der Waals surface area contributed by atoms with Crippen LogP contribution in [0.3, 0.4) is 0 Å². The minimum Gasteiger partial charge on any atom is -0.496 e. The Hall–Kier alpha value is -5.90. The molecule has 220 valence electrons. The fourth-order valence-corrected chi connectivity index (χ4v) is 4.31. The van der Waals surface area contributed by atoms with E-state index in [0.29, 0.717) is 28.3 Å². The van der Waals surface area contributed by atoms with Crippen LogP contribution in [0.15, 0.2) is 65.2 Å². The zero-order valence-electron chi connectivity index (χ0n) is 23.9. The highest BCUT2D eigenvalue weighted by Gasteiger charge is 2.24. The fourth-order valence-electron chi connectivity index (χ4n) is 4.31. The Bertz CT molecular complexity index is 1710. The molecule has 0 unspecified atom stereocenters. The average molecular weight is 584 g/mol. The fraction of sp³-hybridized carbons (Fsp3) is 0.200. The summed E-state index contributed by atoms with van der Waals surface area (Å²) < 4.78 is 10.7. The number of hydrogen-bond acceptors (Lipinski definition) is 10. The highest BCUT2D eigenvalue weighted by Crippen LogP contribution is 2.33. The van der Waals surface area contributed by atoms with Gasteiger partial charge in [0.15, 0.2) is 0 Å². The standard InChI is InChI=1S/C30H29N7O6/c1-18-27(28(35-43-18)22-7-5-6-8-26(22)42-4)30(39)33-14-13-32-23-16-24(25(37(40)41)15-20(23)17-31)34-29(38)19-9-11-21(12-10-19)36(2)3/h5-12,15-16,32H,13-14H2,1-4H3,(H,33,39)(H,34,38). The molecule has 0 fully saturated rings. The summed E-state index contributed by atoms with van der Waals surface area (Å²) in [6.45, 7) is 1.91. The van der Waals surface area contributed by atoms with Gasteiger partial charge in [0.1, 0.15) is 34.5 Å². The second-order valence-electron chi connectivity index (χ2n) is 9.52. The molecule has 3 aromatic carbocycles. The lowest BCUT2D eigenvalue weighted by Gasteiger charge is -2.14. The van der Waals surface area contributed by atoms with Crippen molar-refractivity contribution < 1.29 is 23.8 Å². The molecule has 13 heteroatoms. The molecule has 0 saturated carbocycles. The third-order valence-corrected chi connectivity index (χ3v) is 6.52. The van der Waals surface area contributed by atoms with Gasteiger partial charge in [-0.2, -0.15) is 5.26 Å². The number of ether oxygens (including phenoxy) is 1. The number of methoxy groups -OCH3 is 1. The summed E-state index contributed by atoms with van der Waals surface area (Å²) in [5.74, 6) is -0.127. The highest BCUT2D eigenvalue weighted by atomic mass is 16.6. The molecule has 0 spiro atoms. The summed E-state index contributed by atoms with van der Waals surface area (Å²) in [5, 5.41) is 33.8. The molecule has 1 aromatic heterocycles. The van der Waals surface area contributed by atoms with Crippen LogP contribution in [-0.4, -0.2) is 56.2 Å². The number of nitro groups is 1. The van der Waals surface area contributed by atoms with Crippen molar-refractivity contribution in [3.63, 3.8) is 0 Å². The molecule has 0 bridgehead atoms. The van der Waals surface area contributed by atoms with Crippen LogP contribution < -0.4 is 25.6 Å². The molecule has 0 saturated heterocycles. The third kappa shape index (κ3) is 6.71. The SMILES string of the molecule is COc1ccccc1-c1noc(C)c1C(=O)NCCNc1cc(NC(=O)c2ccc(N(C)C)cc2)c([N+](=O)[O-])cc1C#N. The molecular formula is C30H29N7O6. The lowest BCUT2D eigenvalue weighted by atomic mass is 10.0. The molecule has 43 heavy (non-hydrogen) atoms. The van der Waals surface area contributed by atoms with Gasteiger partial charge < -0.3 is 30.1 Å². The molecule has 2 amide bonds. The molecule has 3 N–H and O–H groups in total. The van der Waals surface area contributed by atoms with Crippen molar-refractivity contribution in [2.45, 2.75) is 6.92 Å². The number of aromatic nitrogens is 1. The number of nitrogens with one attached hydrogen (secondary N) is 3. The van der Waals surface area contributed by atoms with E-state index in [0.717, 1.165) is 11.8 Å². The van der Waals surface area contributed by atoms with Crippen molar-refractivity contribution in [2.24, 2.45) is 0 Å². The van der Waals surface area contributed by atoms with Crippen molar-refractivity contribution in [1.82, 2.24) is 10.5 Å². The number of anilines is 3. The second kappa shape index (κ2) is 13.2. The van der Waals surface area contributed by atoms with Gasteiger partial charge in [-0.1, -0.05) is 17.3 Å². The maximum absolute atomic E-state index is 13.1. The largest absolute Gasteiger partial charge is 0.496 e. The topological polar surface area (TPSA) is 176 Å². The van der Waals surface area contributed by atoms with E-state index in [9.17, 15) is 25.0 Å². The monoisotopic (exact) mass is 583 g/mol. The van der Waals surface area contributed by atoms with E-state index in [2.05, 4.69) is 21.1 Å². The van der Waals surface area contributed by atoms with E-state index in [-0.39, 0.29) is 35.6 Å². The van der Waals surface area contributed by atoms with Gasteiger partial charge >= 0.3 is 0 Å². The van der Waals surface area contributed by atoms with Crippen LogP contribution in [0.5, 0.6) is 5.75 Å². The molecule has 0 aliphatic heterocycles. The molecule has 0 radical (unpaired) electrons. The Morgan fingerprint density at radius 3 is 2.44 bits per heavy atom. The van der Waals surface area contributed by atoms with Crippen LogP contribution in [0.1, 0.15) is 32.0 Å². The summed E-state index contributed by atoms with van der Waals surface area (Å²) >= 11 is 0. The number of nitrogens with zero attached hydrogens (tertiary/aromatic N) is 4. The summed E-state index contributed by atoms with van der Waals surface area (Å²) in [5.41, 5.74) is 2.10. The summed E-state index contributed by atoms with van der Waals surface area (Å²) in [6.07, 6.45) is 0. The zero-order chi connectivity index (χ0) is 31.1. The van der Waals surface area contributed by atoms with Gasteiger partial charge in [-0.15, -0.1) is 0 Å². The summed E-state index contributed by atoms with van der Waals surface area (Å²) in [7, 11) is 5.25. The van der Waals surface area contributed by atoms with E-state index < -0.39 is 22.4 Å². The first-order valence-corrected chi connectivity index (χ1v) is 13.1. The number of nitro benzene ring substituents is 1. The Balaban J connectivity index is 1.48. The lowest BCUT2D eigenvalue weighted by Crippen LogP contribution is -2.29. The van der Waals surface area contributed by atoms with Gasteiger partial charge in [0.25, 0.3) is 17.5 Å². The molecule has 4 aromatic rings. The lowest BCUT2D eigenvalue weighted by molar-refractivity contribution is -0.383. The van der Waals surface area contributed by atoms with E-state index in [1.165, 1.54) is 13.2 Å². The number of benzene rings is 3. The molecule has 0 aliphatic carbocycles. The second-order valence-corrected chi connectivity index (χ2v) is 9.52. The van der Waals surface area contributed by atoms with Gasteiger partial charge in [-0.05, 0) is 49.4 Å². The van der Waals surface area contributed by atoms with Crippen LogP contribution in [0, 0.1) is 28.4 Å². The number of hydrogen-bond donors (Lipinski definition) is 3. The smallest absolute Gasteiger partial charge is 0.294 e. The molecular weight excluding hydrogens is 554 g/mol. The molecule has 13 nitrogen and oxygen atoms in total. The van der Waals surface area contributed by atoms with Crippen molar-refractivity contribution in [3.05, 3.63) is 93.2 Å². The van der Waals surface area contributed by atoms with Gasteiger partial charge in [-0.3, -0.25) is 19.7 Å². The number of nitriles is 1. The predicted octanol–water partition coefficient (Wildman–Crippen LogP) is 4.60. The Morgan fingerprint density at radius 2 is 1.79 bits per heavy atom. The number of aryl methyl sites for hydroxylation is 1. The number of rotatable bonds is 11. The number of carbonyl (C=O) groups is 2. The first-order valence-electron chi connectivity index (χ1n) is 13.1. The van der Waals surface area contributed by atoms with Crippen LogP contribution >= 0.6 is 0 Å². The van der Waals surface area contributed by atoms with Gasteiger partial charge in [0, 0.05) is 50.1 Å². The molecule has 4 rings (SSSR count). The van der Waals surface area contributed by atoms with Crippen molar-refractivity contribution in [2.75, 3.05) is 49.8 Å². The highest BCUT2D eigenvalue weighted by molar-refractivity contribution is 6.06. The maximum Gasteiger partial charge on any atom is 0.294 e. The zero-order valence-corrected chi connectivity index (χ0v) is 23.9. The summed E-state index contributed by atoms with van der Waals surface area (Å²) in [6, 6.07) is 18.2. The van der Waals surface area contributed by atoms with Crippen LogP contribution in [-0.2, 0) is 0 Å². The van der Waals surface area contributed by atoms with Gasteiger partial charge in [0.2, 0.25) is 0 Å². The average Bonchev–Trinajstić information content (AvgIpc) is 3.40. The van der Waals surface area contributed by atoms with Gasteiger partial charge in [0.05, 0.1) is 23.3 Å². The third-order valence-electron chi connectivity index (χ3n) is 6.52. The molecule has 0 aliphatic rings. The predicted molar refractivity (Wildman–Crippen MR) is 161 cm³/mol. The Labute approximate surface area is 247 Å². The molecule has 1 heterocycles. The summed E-state index contributed by atoms with van der Waals surface area (Å²) in [4.78, 5) is 38.9. The van der Waals surface area contributed by atoms with Crippen LogP contribution in [0.25, 0.3) is 11.3 Å². The first kappa shape index (κ1) is 30.1. The van der Waals surface area contributed by atoms with E-state index in [1.54, 1.807) is 55.5 Å². The quantitative estimate of drug-likeness (QED) is 0.128. The van der Waals surface area contributed by atoms with Gasteiger partial charge in [-0.25, -0.2) is 0 Å². The van der Waals surface area contributed by atoms with Crippen molar-refractivity contribution >= 4 is 34.6 Å². The minimum absolute atomic E-state index is 0.000278. The Kier molecular flexibility index (Phi) is 9.21. The van der Waals surface area contributed by atoms with E-state index >= 15 is 0 Å². The van der Waals surface area contributed by atoms with Crippen LogP contribution in [0.2, 0.25) is 0 Å². The maximum atomic E-state index is 13.1. The first-order chi connectivity index (χ1) is 20.6. The number of amides is 2. The van der Waals surface area contributed by atoms with Crippen molar-refractivity contribution in [3.8, 4) is 23.1 Å². The van der Waals surface area contributed by atoms with E-state index in [1.807, 2.05) is 25.1 Å². The number of carbonyl (C=O) groups excluding carboxylic acids is 2. The van der Waals surface area contributed by atoms with Crippen LogP contribution in [0.4, 0.5) is 22.7 Å². The minimum atomic E-state index is -0.670.